The summed E-state index contributed by atoms with van der Waals surface area (Å²) >= 11 is 0. The average molecular weight is 444 g/mol. The van der Waals surface area contributed by atoms with Crippen molar-refractivity contribution in [3.63, 3.8) is 0 Å². The summed E-state index contributed by atoms with van der Waals surface area (Å²) in [4.78, 5) is 36.7. The van der Waals surface area contributed by atoms with Crippen LogP contribution >= 0.6 is 0 Å². The van der Waals surface area contributed by atoms with Crippen molar-refractivity contribution in [2.45, 2.75) is 26.1 Å². The molecule has 0 radical (unpaired) electrons. The van der Waals surface area contributed by atoms with Crippen molar-refractivity contribution in [2.75, 3.05) is 10.6 Å². The molecule has 0 bridgehead atoms. The van der Waals surface area contributed by atoms with Gasteiger partial charge in [-0.25, -0.2) is 4.68 Å². The second kappa shape index (κ2) is 9.46. The number of aryl methyl sites for hydroxylation is 1. The van der Waals surface area contributed by atoms with Crippen LogP contribution in [0.15, 0.2) is 65.5 Å². The van der Waals surface area contributed by atoms with E-state index in [1.165, 1.54) is 47.1 Å². The molecule has 2 N–H and O–H groups in total. The largest absolute Gasteiger partial charge is 0.416 e. The zero-order valence-corrected chi connectivity index (χ0v) is 16.9. The molecular formula is C22H19F3N4O3. The van der Waals surface area contributed by atoms with Crippen LogP contribution in [0.5, 0.6) is 0 Å². The molecule has 3 rings (SSSR count). The van der Waals surface area contributed by atoms with Gasteiger partial charge in [0.2, 0.25) is 0 Å². The highest BCUT2D eigenvalue weighted by Gasteiger charge is 2.30. The lowest BCUT2D eigenvalue weighted by Crippen LogP contribution is -2.26. The molecule has 2 amide bonds. The van der Waals surface area contributed by atoms with Crippen molar-refractivity contribution < 1.29 is 22.8 Å². The number of halogens is 3. The third-order valence-electron chi connectivity index (χ3n) is 4.37. The highest BCUT2D eigenvalue weighted by atomic mass is 19.4. The van der Waals surface area contributed by atoms with Crippen molar-refractivity contribution in [2.24, 2.45) is 0 Å². The lowest BCUT2D eigenvalue weighted by atomic mass is 10.1. The van der Waals surface area contributed by atoms with Crippen LogP contribution in [0, 0.1) is 0 Å². The Hall–Kier alpha value is -3.95. The molecule has 32 heavy (non-hydrogen) atoms. The van der Waals surface area contributed by atoms with Crippen LogP contribution in [0.25, 0.3) is 0 Å². The number of aromatic nitrogens is 2. The van der Waals surface area contributed by atoms with Crippen LogP contribution in [0.1, 0.15) is 39.8 Å². The number of nitrogens with zero attached hydrogens (tertiary/aromatic N) is 2. The number of hydrogen-bond acceptors (Lipinski definition) is 4. The Balaban J connectivity index is 1.74. The van der Waals surface area contributed by atoms with E-state index in [0.717, 1.165) is 12.1 Å². The highest BCUT2D eigenvalue weighted by molar-refractivity contribution is 6.06. The number of carbonyl (C=O) groups is 2. The van der Waals surface area contributed by atoms with Gasteiger partial charge in [-0.1, -0.05) is 19.1 Å². The van der Waals surface area contributed by atoms with Gasteiger partial charge >= 0.3 is 6.18 Å². The average Bonchev–Trinajstić information content (AvgIpc) is 2.75. The van der Waals surface area contributed by atoms with Gasteiger partial charge in [-0.05, 0) is 48.9 Å². The fourth-order valence-electron chi connectivity index (χ4n) is 2.85. The number of alkyl halides is 3. The van der Waals surface area contributed by atoms with E-state index < -0.39 is 23.6 Å². The van der Waals surface area contributed by atoms with Crippen LogP contribution in [-0.4, -0.2) is 21.6 Å². The number of carbonyl (C=O) groups excluding carboxylic acids is 2. The van der Waals surface area contributed by atoms with E-state index in [2.05, 4.69) is 15.7 Å². The van der Waals surface area contributed by atoms with E-state index in [4.69, 9.17) is 0 Å². The minimum Gasteiger partial charge on any atom is -0.322 e. The summed E-state index contributed by atoms with van der Waals surface area (Å²) in [5, 5.41) is 9.02. The molecule has 166 valence electrons. The SMILES string of the molecule is CCCn1nc(C(=O)Nc2cccc(C(=O)Nc3cccc(C(F)(F)F)c3)c2)ccc1=O. The summed E-state index contributed by atoms with van der Waals surface area (Å²) in [6.07, 6.45) is -3.86. The summed E-state index contributed by atoms with van der Waals surface area (Å²) in [5.74, 6) is -1.22. The second-order valence-electron chi connectivity index (χ2n) is 6.85. The zero-order valence-electron chi connectivity index (χ0n) is 16.9. The van der Waals surface area contributed by atoms with E-state index in [1.54, 1.807) is 6.07 Å². The Bertz CT molecular complexity index is 1210. The van der Waals surface area contributed by atoms with Gasteiger partial charge in [-0.2, -0.15) is 18.3 Å². The highest BCUT2D eigenvalue weighted by Crippen LogP contribution is 2.30. The fraction of sp³-hybridized carbons (Fsp3) is 0.182. The molecule has 0 unspecified atom stereocenters. The molecule has 1 heterocycles. The van der Waals surface area contributed by atoms with Gasteiger partial charge in [0.25, 0.3) is 17.4 Å². The van der Waals surface area contributed by atoms with Gasteiger partial charge in [0.15, 0.2) is 0 Å². The molecule has 0 aliphatic carbocycles. The van der Waals surface area contributed by atoms with Crippen LogP contribution in [-0.2, 0) is 12.7 Å². The molecule has 0 saturated carbocycles. The van der Waals surface area contributed by atoms with Crippen molar-refractivity contribution in [3.05, 3.63) is 87.8 Å². The van der Waals surface area contributed by atoms with E-state index in [0.29, 0.717) is 13.0 Å². The van der Waals surface area contributed by atoms with Crippen LogP contribution in [0.3, 0.4) is 0 Å². The molecule has 0 fully saturated rings. The Morgan fingerprint density at radius 2 is 1.59 bits per heavy atom. The summed E-state index contributed by atoms with van der Waals surface area (Å²) in [5.41, 5.74) is -0.783. The Morgan fingerprint density at radius 3 is 2.28 bits per heavy atom. The van der Waals surface area contributed by atoms with E-state index in [-0.39, 0.29) is 28.2 Å². The van der Waals surface area contributed by atoms with E-state index in [1.807, 2.05) is 6.92 Å². The minimum atomic E-state index is -4.53. The van der Waals surface area contributed by atoms with Crippen LogP contribution in [0.2, 0.25) is 0 Å². The molecule has 0 saturated heterocycles. The standard InChI is InChI=1S/C22H19F3N4O3/c1-2-11-29-19(30)10-9-18(28-29)21(32)27-16-7-3-5-14(12-16)20(31)26-17-8-4-6-15(13-17)22(23,24)25/h3-10,12-13H,2,11H2,1H3,(H,26,31)(H,27,32). The van der Waals surface area contributed by atoms with E-state index >= 15 is 0 Å². The summed E-state index contributed by atoms with van der Waals surface area (Å²) in [6.45, 7) is 2.24. The first-order valence-electron chi connectivity index (χ1n) is 9.65. The molecule has 7 nitrogen and oxygen atoms in total. The third kappa shape index (κ3) is 5.60. The normalized spacial score (nSPS) is 11.1. The summed E-state index contributed by atoms with van der Waals surface area (Å²) in [7, 11) is 0. The van der Waals surface area contributed by atoms with E-state index in [9.17, 15) is 27.6 Å². The first-order chi connectivity index (χ1) is 15.2. The lowest BCUT2D eigenvalue weighted by Gasteiger charge is -2.11. The molecule has 0 aliphatic rings. The number of nitrogens with one attached hydrogen (secondary N) is 2. The quantitative estimate of drug-likeness (QED) is 0.597. The summed E-state index contributed by atoms with van der Waals surface area (Å²) < 4.78 is 39.8. The number of rotatable bonds is 6. The first kappa shape index (κ1) is 22.7. The smallest absolute Gasteiger partial charge is 0.322 e. The molecule has 1 aromatic heterocycles. The van der Waals surface area contributed by atoms with Crippen LogP contribution < -0.4 is 16.2 Å². The predicted octanol–water partition coefficient (Wildman–Crippen LogP) is 4.18. The van der Waals surface area contributed by atoms with Gasteiger partial charge in [0, 0.05) is 29.5 Å². The molecule has 0 spiro atoms. The number of hydrogen-bond donors (Lipinski definition) is 2. The molecule has 2 aromatic carbocycles. The fourth-order valence-corrected chi connectivity index (χ4v) is 2.85. The second-order valence-corrected chi connectivity index (χ2v) is 6.85. The molecule has 10 heteroatoms. The van der Waals surface area contributed by atoms with Gasteiger partial charge in [0.05, 0.1) is 5.56 Å². The Labute approximate surface area is 180 Å². The predicted molar refractivity (Wildman–Crippen MR) is 113 cm³/mol. The molecule has 0 atom stereocenters. The topological polar surface area (TPSA) is 93.1 Å². The monoisotopic (exact) mass is 444 g/mol. The number of anilines is 2. The van der Waals surface area contributed by atoms with Crippen molar-refractivity contribution in [1.29, 1.82) is 0 Å². The maximum Gasteiger partial charge on any atom is 0.416 e. The Morgan fingerprint density at radius 1 is 0.938 bits per heavy atom. The van der Waals surface area contributed by atoms with Gasteiger partial charge in [0.1, 0.15) is 5.69 Å². The lowest BCUT2D eigenvalue weighted by molar-refractivity contribution is -0.137. The molecular weight excluding hydrogens is 425 g/mol. The Kier molecular flexibility index (Phi) is 6.72. The maximum absolute atomic E-state index is 12.9. The number of benzene rings is 2. The molecule has 3 aromatic rings. The maximum atomic E-state index is 12.9. The van der Waals surface area contributed by atoms with Crippen molar-refractivity contribution in [3.8, 4) is 0 Å². The minimum absolute atomic E-state index is 0.0124. The zero-order chi connectivity index (χ0) is 23.3. The third-order valence-corrected chi connectivity index (χ3v) is 4.37. The molecule has 0 aliphatic heterocycles. The van der Waals surface area contributed by atoms with Crippen molar-refractivity contribution in [1.82, 2.24) is 9.78 Å². The van der Waals surface area contributed by atoms with Crippen molar-refractivity contribution >= 4 is 23.2 Å². The summed E-state index contributed by atoms with van der Waals surface area (Å²) in [6, 6.07) is 12.7. The van der Waals surface area contributed by atoms with Gasteiger partial charge < -0.3 is 10.6 Å². The number of amides is 2. The van der Waals surface area contributed by atoms with Gasteiger partial charge in [-0.15, -0.1) is 0 Å². The van der Waals surface area contributed by atoms with Crippen LogP contribution in [0.4, 0.5) is 24.5 Å². The van der Waals surface area contributed by atoms with Gasteiger partial charge in [-0.3, -0.25) is 14.4 Å². The first-order valence-corrected chi connectivity index (χ1v) is 9.65.